The molecule has 0 aliphatic rings. The Bertz CT molecular complexity index is 474. The number of amides is 1. The van der Waals surface area contributed by atoms with Crippen LogP contribution >= 0.6 is 0 Å². The van der Waals surface area contributed by atoms with Crippen LogP contribution < -0.4 is 0 Å². The SMILES string of the molecule is CCC[CH2][Sn]([CH2]CCC)([CH2]CCC)[C](/C=C/C(C)C)(CC(=O)N(C)C)[Si](C)(C)C. The number of carbonyl (C=O) groups is 1. The van der Waals surface area contributed by atoms with Crippen molar-refractivity contribution in [2.75, 3.05) is 14.1 Å². The zero-order valence-corrected chi connectivity index (χ0v) is 25.5. The summed E-state index contributed by atoms with van der Waals surface area (Å²) in [5.41, 5.74) is 0. The van der Waals surface area contributed by atoms with Gasteiger partial charge in [-0.2, -0.15) is 0 Å². The molecule has 0 saturated carbocycles. The van der Waals surface area contributed by atoms with Crippen LogP contribution in [0.1, 0.15) is 79.6 Å². The first-order chi connectivity index (χ1) is 13.4. The molecule has 0 spiro atoms. The van der Waals surface area contributed by atoms with E-state index in [4.69, 9.17) is 0 Å². The Balaban J connectivity index is 6.84. The van der Waals surface area contributed by atoms with Gasteiger partial charge >= 0.3 is 190 Å². The topological polar surface area (TPSA) is 20.3 Å². The molecule has 0 rings (SSSR count). The molecule has 0 fully saturated rings. The number of hydrogen-bond donors (Lipinski definition) is 0. The predicted octanol–water partition coefficient (Wildman–Crippen LogP) is 8.14. The molecule has 29 heavy (non-hydrogen) atoms. The molecule has 0 heterocycles. The van der Waals surface area contributed by atoms with E-state index in [9.17, 15) is 4.79 Å². The molecule has 0 aliphatic carbocycles. The molecule has 4 heteroatoms. The van der Waals surface area contributed by atoms with Crippen molar-refractivity contribution < 1.29 is 4.79 Å². The number of allylic oxidation sites excluding steroid dienone is 2. The van der Waals surface area contributed by atoms with Gasteiger partial charge < -0.3 is 0 Å². The van der Waals surface area contributed by atoms with Crippen LogP contribution in [0.5, 0.6) is 0 Å². The molecule has 0 aromatic rings. The average molecular weight is 531 g/mol. The summed E-state index contributed by atoms with van der Waals surface area (Å²) < 4.78 is 4.63. The second-order valence-corrected chi connectivity index (χ2v) is 31.8. The van der Waals surface area contributed by atoms with Gasteiger partial charge in [-0.15, -0.1) is 0 Å². The van der Waals surface area contributed by atoms with Crippen molar-refractivity contribution in [1.29, 1.82) is 0 Å². The number of unbranched alkanes of at least 4 members (excludes halogenated alkanes) is 3. The van der Waals surface area contributed by atoms with Crippen LogP contribution in [-0.4, -0.2) is 51.4 Å². The molecule has 172 valence electrons. The Hall–Kier alpha value is 0.226. The van der Waals surface area contributed by atoms with E-state index < -0.39 is 26.5 Å². The van der Waals surface area contributed by atoms with Crippen LogP contribution in [0, 0.1) is 5.92 Å². The standard InChI is InChI=1S/C13H26NOSi.3C4H9.Sn/c1-11(2)8-9-12(16(5,6)7)10-13(15)14(3)4;3*1-3-4-2;/h8-9,11H,10H2,1-7H3;3*1,3-4H2,2H3;/b9-8+;;;;. The molecule has 1 atom stereocenters. The van der Waals surface area contributed by atoms with Gasteiger partial charge in [0.15, 0.2) is 0 Å². The van der Waals surface area contributed by atoms with Gasteiger partial charge in [0.1, 0.15) is 0 Å². The van der Waals surface area contributed by atoms with Crippen LogP contribution in [0.4, 0.5) is 0 Å². The maximum absolute atomic E-state index is 13.3. The number of rotatable bonds is 15. The average Bonchev–Trinajstić information content (AvgIpc) is 2.63. The summed E-state index contributed by atoms with van der Waals surface area (Å²) in [4.78, 5) is 15.1. The Morgan fingerprint density at radius 3 is 1.62 bits per heavy atom. The molecule has 0 aromatic heterocycles. The van der Waals surface area contributed by atoms with Gasteiger partial charge in [0.05, 0.1) is 0 Å². The first-order valence-corrected chi connectivity index (χ1v) is 23.3. The van der Waals surface area contributed by atoms with E-state index in [0.717, 1.165) is 6.42 Å². The van der Waals surface area contributed by atoms with E-state index >= 15 is 0 Å². The van der Waals surface area contributed by atoms with Crippen LogP contribution in [0.15, 0.2) is 12.2 Å². The molecular formula is C25H53NOSiSn. The molecule has 0 saturated heterocycles. The molecule has 0 aliphatic heterocycles. The number of carbonyl (C=O) groups excluding carboxylic acids is 1. The summed E-state index contributed by atoms with van der Waals surface area (Å²) in [7, 11) is 2.26. The van der Waals surface area contributed by atoms with Gasteiger partial charge in [-0.3, -0.25) is 0 Å². The van der Waals surface area contributed by atoms with Crippen molar-refractivity contribution in [2.45, 2.75) is 116 Å². The van der Waals surface area contributed by atoms with Crippen LogP contribution in [0.3, 0.4) is 0 Å². The molecule has 1 amide bonds. The summed E-state index contributed by atoms with van der Waals surface area (Å²) in [6.45, 7) is 19.3. The predicted molar refractivity (Wildman–Crippen MR) is 138 cm³/mol. The van der Waals surface area contributed by atoms with Crippen molar-refractivity contribution in [2.24, 2.45) is 5.92 Å². The molecular weight excluding hydrogens is 477 g/mol. The monoisotopic (exact) mass is 531 g/mol. The molecule has 0 radical (unpaired) electrons. The minimum atomic E-state index is -2.72. The van der Waals surface area contributed by atoms with Gasteiger partial charge in [-0.25, -0.2) is 0 Å². The molecule has 1 unspecified atom stereocenters. The maximum atomic E-state index is 13.3. The molecule has 2 nitrogen and oxygen atoms in total. The first-order valence-electron chi connectivity index (χ1n) is 12.3. The molecule has 0 bridgehead atoms. The van der Waals surface area contributed by atoms with E-state index in [1.54, 1.807) is 0 Å². The number of nitrogens with zero attached hydrogens (tertiary/aromatic N) is 1. The van der Waals surface area contributed by atoms with Crippen molar-refractivity contribution in [3.8, 4) is 0 Å². The van der Waals surface area contributed by atoms with Crippen LogP contribution in [-0.2, 0) is 4.79 Å². The molecule has 0 aromatic carbocycles. The van der Waals surface area contributed by atoms with Gasteiger partial charge in [0.25, 0.3) is 0 Å². The fraction of sp³-hybridized carbons (Fsp3) is 0.880. The quantitative estimate of drug-likeness (QED) is 0.155. The third kappa shape index (κ3) is 8.35. The summed E-state index contributed by atoms with van der Waals surface area (Å²) in [5, 5.41) is 0. The zero-order valence-electron chi connectivity index (χ0n) is 21.7. The van der Waals surface area contributed by atoms with Crippen LogP contribution in [0.2, 0.25) is 36.0 Å². The van der Waals surface area contributed by atoms with E-state index in [2.05, 4.69) is 66.4 Å². The van der Waals surface area contributed by atoms with Gasteiger partial charge in [-0.1, -0.05) is 0 Å². The fourth-order valence-electron chi connectivity index (χ4n) is 5.08. The summed E-state index contributed by atoms with van der Waals surface area (Å²) >= 11 is -2.72. The summed E-state index contributed by atoms with van der Waals surface area (Å²) in [5.74, 6) is 0.902. The first kappa shape index (κ1) is 29.2. The van der Waals surface area contributed by atoms with Gasteiger partial charge in [0, 0.05) is 0 Å². The normalized spacial score (nSPS) is 15.1. The Morgan fingerprint density at radius 2 is 1.34 bits per heavy atom. The van der Waals surface area contributed by atoms with E-state index in [1.807, 2.05) is 19.0 Å². The summed E-state index contributed by atoms with van der Waals surface area (Å²) in [6.07, 6.45) is 13.8. The van der Waals surface area contributed by atoms with Crippen molar-refractivity contribution in [3.63, 3.8) is 0 Å². The Kier molecular flexibility index (Phi) is 13.7. The van der Waals surface area contributed by atoms with E-state index in [0.29, 0.717) is 11.8 Å². The number of hydrogen-bond acceptors (Lipinski definition) is 1. The fourth-order valence-corrected chi connectivity index (χ4v) is 41.7. The Morgan fingerprint density at radius 1 is 0.931 bits per heavy atom. The van der Waals surface area contributed by atoms with Gasteiger partial charge in [0.2, 0.25) is 0 Å². The van der Waals surface area contributed by atoms with E-state index in [-0.39, 0.29) is 3.05 Å². The van der Waals surface area contributed by atoms with E-state index in [1.165, 1.54) is 51.8 Å². The van der Waals surface area contributed by atoms with Crippen molar-refractivity contribution in [3.05, 3.63) is 12.2 Å². The minimum absolute atomic E-state index is 0.215. The Labute approximate surface area is 189 Å². The second kappa shape index (κ2) is 13.6. The van der Waals surface area contributed by atoms with Crippen LogP contribution in [0.25, 0.3) is 0 Å². The second-order valence-electron chi connectivity index (χ2n) is 10.9. The van der Waals surface area contributed by atoms with Crippen molar-refractivity contribution in [1.82, 2.24) is 4.90 Å². The third-order valence-electron chi connectivity index (χ3n) is 7.01. The zero-order chi connectivity index (χ0) is 22.7. The molecule has 0 N–H and O–H groups in total. The summed E-state index contributed by atoms with van der Waals surface area (Å²) in [6, 6.07) is 0. The third-order valence-corrected chi connectivity index (χ3v) is 37.6. The van der Waals surface area contributed by atoms with Crippen molar-refractivity contribution >= 4 is 32.4 Å². The van der Waals surface area contributed by atoms with Gasteiger partial charge in [-0.05, 0) is 0 Å².